The number of para-hydroxylation sites is 5. The lowest BCUT2D eigenvalue weighted by Crippen LogP contribution is -3.00. The van der Waals surface area contributed by atoms with Crippen LogP contribution in [-0.4, -0.2) is 58.4 Å². The van der Waals surface area contributed by atoms with Gasteiger partial charge in [-0.3, -0.25) is 20.6 Å². The maximum Gasteiger partial charge on any atom is 0.270 e. The molecule has 1 aliphatic rings. The topological polar surface area (TPSA) is 195 Å². The SMILES string of the molecule is N#C/C(=C(/O)C[n+]1ccc(-c2cc(C(=O)NN3CC(O)=C(c4nc5ccccc5[nH]4)C3=N)c3ccccc3n2)cc1)c1nc2ccccc2[nH]1.[Cl-]. The summed E-state index contributed by atoms with van der Waals surface area (Å²) in [6.45, 7) is -0.0750. The van der Waals surface area contributed by atoms with Gasteiger partial charge in [0.15, 0.2) is 29.8 Å². The average molecular weight is 695 g/mol. The Bertz CT molecular complexity index is 2550. The molecule has 0 saturated heterocycles. The third-order valence-corrected chi connectivity index (χ3v) is 8.47. The van der Waals surface area contributed by atoms with Crippen molar-refractivity contribution in [1.82, 2.24) is 35.4 Å². The molecule has 0 radical (unpaired) electrons. The Morgan fingerprint density at radius 3 is 2.25 bits per heavy atom. The first-order valence-electron chi connectivity index (χ1n) is 15.6. The van der Waals surface area contributed by atoms with Crippen molar-refractivity contribution in [2.45, 2.75) is 6.54 Å². The van der Waals surface area contributed by atoms with E-state index in [1.807, 2.05) is 66.7 Å². The van der Waals surface area contributed by atoms with Crippen LogP contribution in [0.2, 0.25) is 0 Å². The number of aliphatic hydroxyl groups is 2. The molecule has 51 heavy (non-hydrogen) atoms. The number of fused-ring (bicyclic) bond motifs is 3. The molecule has 0 saturated carbocycles. The van der Waals surface area contributed by atoms with E-state index in [1.54, 1.807) is 41.2 Å². The number of amidine groups is 1. The number of carbonyl (C=O) groups excluding carboxylic acids is 1. The summed E-state index contributed by atoms with van der Waals surface area (Å²) in [4.78, 5) is 33.8. The third-order valence-electron chi connectivity index (χ3n) is 8.47. The van der Waals surface area contributed by atoms with Crippen molar-refractivity contribution in [1.29, 1.82) is 10.7 Å². The summed E-state index contributed by atoms with van der Waals surface area (Å²) in [7, 11) is 0. The number of imidazole rings is 2. The van der Waals surface area contributed by atoms with E-state index in [0.717, 1.165) is 11.0 Å². The lowest BCUT2D eigenvalue weighted by molar-refractivity contribution is -0.691. The van der Waals surface area contributed by atoms with Crippen molar-refractivity contribution in [2.24, 2.45) is 0 Å². The monoisotopic (exact) mass is 694 g/mol. The molecule has 6 N–H and O–H groups in total. The van der Waals surface area contributed by atoms with Gasteiger partial charge < -0.3 is 32.6 Å². The molecular formula is C37H27ClN10O3. The quantitative estimate of drug-likeness (QED) is 0.0831. The van der Waals surface area contributed by atoms with Gasteiger partial charge in [-0.05, 0) is 36.4 Å². The molecule has 7 aromatic rings. The van der Waals surface area contributed by atoms with Crippen molar-refractivity contribution in [3.05, 3.63) is 132 Å². The summed E-state index contributed by atoms with van der Waals surface area (Å²) in [5, 5.41) is 42.1. The van der Waals surface area contributed by atoms with Gasteiger partial charge in [-0.2, -0.15) is 9.83 Å². The molecule has 0 bridgehead atoms. The molecule has 0 aliphatic carbocycles. The number of hydrogen-bond acceptors (Lipinski definition) is 8. The van der Waals surface area contributed by atoms with Gasteiger partial charge in [0.25, 0.3) is 5.91 Å². The number of halogens is 1. The van der Waals surface area contributed by atoms with Crippen LogP contribution in [0.1, 0.15) is 22.0 Å². The number of pyridine rings is 2. The van der Waals surface area contributed by atoms with Crippen molar-refractivity contribution in [2.75, 3.05) is 6.54 Å². The predicted molar refractivity (Wildman–Crippen MR) is 186 cm³/mol. The summed E-state index contributed by atoms with van der Waals surface area (Å²) in [5.41, 5.74) is 8.11. The number of amides is 1. The number of allylic oxidation sites excluding steroid dienone is 2. The molecule has 5 heterocycles. The Morgan fingerprint density at radius 2 is 1.57 bits per heavy atom. The number of aromatic amines is 2. The molecule has 14 heteroatoms. The number of rotatable bonds is 7. The zero-order chi connectivity index (χ0) is 34.4. The van der Waals surface area contributed by atoms with Crippen LogP contribution in [0.15, 0.2) is 115 Å². The molecule has 250 valence electrons. The number of benzene rings is 3. The maximum atomic E-state index is 13.8. The second kappa shape index (κ2) is 13.1. The van der Waals surface area contributed by atoms with E-state index < -0.39 is 5.91 Å². The van der Waals surface area contributed by atoms with Crippen molar-refractivity contribution >= 4 is 55.9 Å². The van der Waals surface area contributed by atoms with Gasteiger partial charge in [0.2, 0.25) is 6.54 Å². The van der Waals surface area contributed by atoms with E-state index in [-0.39, 0.29) is 59.8 Å². The fraction of sp³-hybridized carbons (Fsp3) is 0.0541. The molecule has 1 aliphatic heterocycles. The first kappa shape index (κ1) is 32.5. The summed E-state index contributed by atoms with van der Waals surface area (Å²) in [5.74, 6) is -0.195. The standard InChI is InChI=1S/C37H26N10O3.ClH/c38-18-24(35-41-26-9-3-4-10-27(26)42-35)31(48)19-46-15-13-21(14-16-46)30-17-23(22-7-1-2-8-25(22)40-30)37(50)45-47-20-32(49)33(34(47)39)36-43-28-11-5-6-12-29(28)44-36;/h1-17,40H,19-20H2,(H4,39,41,42,43,44,45,48,49,50);1H. The summed E-state index contributed by atoms with van der Waals surface area (Å²) < 4.78 is 1.71. The van der Waals surface area contributed by atoms with Crippen LogP contribution in [0.25, 0.3) is 55.4 Å². The van der Waals surface area contributed by atoms with E-state index in [2.05, 4.69) is 31.4 Å². The van der Waals surface area contributed by atoms with Crippen LogP contribution in [-0.2, 0) is 6.54 Å². The van der Waals surface area contributed by atoms with Gasteiger partial charge in [-0.25, -0.2) is 15.0 Å². The van der Waals surface area contributed by atoms with E-state index >= 15 is 0 Å². The van der Waals surface area contributed by atoms with E-state index in [1.165, 1.54) is 5.01 Å². The Kier molecular flexibility index (Phi) is 8.35. The zero-order valence-electron chi connectivity index (χ0n) is 26.6. The van der Waals surface area contributed by atoms with Gasteiger partial charge in [-0.1, -0.05) is 42.5 Å². The molecule has 3 aromatic carbocycles. The van der Waals surface area contributed by atoms with Gasteiger partial charge in [0, 0.05) is 23.1 Å². The van der Waals surface area contributed by atoms with Crippen LogP contribution >= 0.6 is 0 Å². The molecule has 0 atom stereocenters. The van der Waals surface area contributed by atoms with Gasteiger partial charge >= 0.3 is 0 Å². The largest absolute Gasteiger partial charge is 1.00 e. The lowest BCUT2D eigenvalue weighted by Gasteiger charge is -2.20. The molecular weight excluding hydrogens is 668 g/mol. The summed E-state index contributed by atoms with van der Waals surface area (Å²) >= 11 is 0. The van der Waals surface area contributed by atoms with Crippen molar-refractivity contribution < 1.29 is 32.0 Å². The maximum absolute atomic E-state index is 13.8. The molecule has 4 aromatic heterocycles. The molecule has 1 amide bonds. The Balaban J connectivity index is 0.00000406. The van der Waals surface area contributed by atoms with Crippen LogP contribution in [0.3, 0.4) is 0 Å². The zero-order valence-corrected chi connectivity index (χ0v) is 27.3. The predicted octanol–water partition coefficient (Wildman–Crippen LogP) is 2.35. The van der Waals surface area contributed by atoms with E-state index in [9.17, 15) is 20.3 Å². The third kappa shape index (κ3) is 5.96. The number of nitrogens with one attached hydrogen (secondary N) is 4. The second-order valence-corrected chi connectivity index (χ2v) is 11.7. The fourth-order valence-electron chi connectivity index (χ4n) is 6.00. The molecule has 0 fully saturated rings. The molecule has 0 spiro atoms. The Hall–Kier alpha value is -7.04. The number of aromatic nitrogens is 6. The number of carbonyl (C=O) groups is 1. The highest BCUT2D eigenvalue weighted by Crippen LogP contribution is 2.28. The van der Waals surface area contributed by atoms with E-state index in [4.69, 9.17) is 10.4 Å². The normalized spacial score (nSPS) is 13.4. The summed E-state index contributed by atoms with van der Waals surface area (Å²) in [6.07, 6.45) is 3.49. The highest BCUT2D eigenvalue weighted by Gasteiger charge is 2.32. The number of nitrogens with zero attached hydrogens (tertiary/aromatic N) is 6. The first-order chi connectivity index (χ1) is 24.4. The van der Waals surface area contributed by atoms with Crippen LogP contribution in [0.4, 0.5) is 0 Å². The van der Waals surface area contributed by atoms with Gasteiger partial charge in [0.1, 0.15) is 28.8 Å². The van der Waals surface area contributed by atoms with Gasteiger partial charge in [0.05, 0.1) is 45.4 Å². The molecule has 0 unspecified atom stereocenters. The minimum absolute atomic E-state index is 0. The van der Waals surface area contributed by atoms with Crippen molar-refractivity contribution in [3.63, 3.8) is 0 Å². The van der Waals surface area contributed by atoms with Gasteiger partial charge in [-0.15, -0.1) is 0 Å². The van der Waals surface area contributed by atoms with Crippen LogP contribution < -0.4 is 22.4 Å². The van der Waals surface area contributed by atoms with Crippen LogP contribution in [0, 0.1) is 16.7 Å². The number of H-pyrrole nitrogens is 2. The number of hydrogen-bond donors (Lipinski definition) is 6. The van der Waals surface area contributed by atoms with Crippen LogP contribution in [0.5, 0.6) is 0 Å². The molecule has 8 rings (SSSR count). The Labute approximate surface area is 295 Å². The number of nitriles is 1. The molecule has 13 nitrogen and oxygen atoms in total. The average Bonchev–Trinajstić information content (AvgIpc) is 3.82. The summed E-state index contributed by atoms with van der Waals surface area (Å²) in [6, 6.07) is 29.4. The highest BCUT2D eigenvalue weighted by atomic mass is 35.5. The highest BCUT2D eigenvalue weighted by molar-refractivity contribution is 6.23. The first-order valence-corrected chi connectivity index (χ1v) is 15.6. The minimum Gasteiger partial charge on any atom is -1.00 e. The van der Waals surface area contributed by atoms with Crippen molar-refractivity contribution in [3.8, 4) is 17.3 Å². The second-order valence-electron chi connectivity index (χ2n) is 11.7. The number of aliphatic hydroxyl groups excluding tert-OH is 2. The Morgan fingerprint density at radius 1 is 0.922 bits per heavy atom. The lowest BCUT2D eigenvalue weighted by atomic mass is 10.0. The minimum atomic E-state index is -0.482. The fourth-order valence-corrected chi connectivity index (χ4v) is 6.00. The number of hydrazine groups is 1. The van der Waals surface area contributed by atoms with E-state index in [0.29, 0.717) is 44.6 Å². The smallest absolute Gasteiger partial charge is 0.270 e.